The summed E-state index contributed by atoms with van der Waals surface area (Å²) in [6, 6.07) is 8.70. The molecule has 0 aromatic heterocycles. The SMILES string of the molecule is CCC(C)(CNC)CN(C)c1cccc(C)c1. The topological polar surface area (TPSA) is 15.3 Å². The van der Waals surface area contributed by atoms with Crippen LogP contribution in [0.2, 0.25) is 0 Å². The van der Waals surface area contributed by atoms with Crippen molar-refractivity contribution in [3.63, 3.8) is 0 Å². The number of aryl methyl sites for hydroxylation is 1. The van der Waals surface area contributed by atoms with E-state index < -0.39 is 0 Å². The van der Waals surface area contributed by atoms with E-state index in [0.29, 0.717) is 5.41 Å². The molecule has 0 saturated heterocycles. The molecule has 0 aliphatic carbocycles. The highest BCUT2D eigenvalue weighted by Gasteiger charge is 2.23. The first-order chi connectivity index (χ1) is 8.00. The van der Waals surface area contributed by atoms with Gasteiger partial charge < -0.3 is 10.2 Å². The molecule has 0 saturated carbocycles. The fourth-order valence-corrected chi connectivity index (χ4v) is 2.25. The Bertz CT molecular complexity index is 349. The van der Waals surface area contributed by atoms with Crippen LogP contribution >= 0.6 is 0 Å². The summed E-state index contributed by atoms with van der Waals surface area (Å²) in [6.07, 6.45) is 1.18. The van der Waals surface area contributed by atoms with Crippen molar-refractivity contribution >= 4 is 5.69 Å². The van der Waals surface area contributed by atoms with Crippen LogP contribution in [0.15, 0.2) is 24.3 Å². The lowest BCUT2D eigenvalue weighted by atomic mass is 9.86. The molecular weight excluding hydrogens is 208 g/mol. The van der Waals surface area contributed by atoms with Gasteiger partial charge in [0.2, 0.25) is 0 Å². The molecule has 17 heavy (non-hydrogen) atoms. The van der Waals surface area contributed by atoms with E-state index in [1.807, 2.05) is 7.05 Å². The van der Waals surface area contributed by atoms with E-state index in [2.05, 4.69) is 62.3 Å². The summed E-state index contributed by atoms with van der Waals surface area (Å²) >= 11 is 0. The van der Waals surface area contributed by atoms with Gasteiger partial charge in [0.25, 0.3) is 0 Å². The van der Waals surface area contributed by atoms with Gasteiger partial charge in [0.05, 0.1) is 0 Å². The maximum absolute atomic E-state index is 3.30. The van der Waals surface area contributed by atoms with Gasteiger partial charge >= 0.3 is 0 Å². The number of anilines is 1. The molecule has 1 unspecified atom stereocenters. The van der Waals surface area contributed by atoms with Crippen molar-refractivity contribution in [3.05, 3.63) is 29.8 Å². The lowest BCUT2D eigenvalue weighted by molar-refractivity contribution is 0.308. The number of hydrogen-bond acceptors (Lipinski definition) is 2. The molecule has 2 heteroatoms. The van der Waals surface area contributed by atoms with E-state index in [0.717, 1.165) is 13.1 Å². The van der Waals surface area contributed by atoms with Crippen LogP contribution < -0.4 is 10.2 Å². The van der Waals surface area contributed by atoms with E-state index >= 15 is 0 Å². The van der Waals surface area contributed by atoms with E-state index in [-0.39, 0.29) is 0 Å². The average Bonchev–Trinajstić information content (AvgIpc) is 2.29. The molecule has 0 amide bonds. The Kier molecular flexibility index (Phi) is 5.01. The van der Waals surface area contributed by atoms with Crippen LogP contribution in [0.5, 0.6) is 0 Å². The van der Waals surface area contributed by atoms with Crippen LogP contribution in [0.25, 0.3) is 0 Å². The quantitative estimate of drug-likeness (QED) is 0.814. The Balaban J connectivity index is 2.73. The molecule has 2 nitrogen and oxygen atoms in total. The Labute approximate surface area is 106 Å². The summed E-state index contributed by atoms with van der Waals surface area (Å²) in [5.41, 5.74) is 2.95. The molecule has 1 aromatic rings. The van der Waals surface area contributed by atoms with Gasteiger partial charge in [-0.15, -0.1) is 0 Å². The van der Waals surface area contributed by atoms with Gasteiger partial charge in [-0.2, -0.15) is 0 Å². The monoisotopic (exact) mass is 234 g/mol. The standard InChI is InChI=1S/C15H26N2/c1-6-15(3,11-16-4)12-17(5)14-9-7-8-13(2)10-14/h7-10,16H,6,11-12H2,1-5H3. The predicted octanol–water partition coefficient (Wildman–Crippen LogP) is 3.07. The van der Waals surface area contributed by atoms with Crippen LogP contribution in [-0.4, -0.2) is 27.2 Å². The van der Waals surface area contributed by atoms with Crippen molar-refractivity contribution in [2.45, 2.75) is 27.2 Å². The van der Waals surface area contributed by atoms with Crippen LogP contribution in [0.4, 0.5) is 5.69 Å². The minimum absolute atomic E-state index is 0.327. The molecule has 96 valence electrons. The van der Waals surface area contributed by atoms with Crippen LogP contribution in [-0.2, 0) is 0 Å². The van der Waals surface area contributed by atoms with E-state index in [4.69, 9.17) is 0 Å². The first-order valence-electron chi connectivity index (χ1n) is 6.43. The number of nitrogens with zero attached hydrogens (tertiary/aromatic N) is 1. The Morgan fingerprint density at radius 2 is 2.06 bits per heavy atom. The highest BCUT2D eigenvalue weighted by molar-refractivity contribution is 5.47. The second kappa shape index (κ2) is 6.06. The zero-order chi connectivity index (χ0) is 12.9. The third-order valence-electron chi connectivity index (χ3n) is 3.52. The van der Waals surface area contributed by atoms with Gasteiger partial charge in [-0.1, -0.05) is 26.0 Å². The predicted molar refractivity (Wildman–Crippen MR) is 76.8 cm³/mol. The van der Waals surface area contributed by atoms with Gasteiger partial charge in [0.1, 0.15) is 0 Å². The summed E-state index contributed by atoms with van der Waals surface area (Å²) in [6.45, 7) is 8.88. The Morgan fingerprint density at radius 1 is 1.35 bits per heavy atom. The van der Waals surface area contributed by atoms with Crippen molar-refractivity contribution in [3.8, 4) is 0 Å². The third kappa shape index (κ3) is 4.04. The molecule has 0 spiro atoms. The summed E-state index contributed by atoms with van der Waals surface area (Å²) in [7, 11) is 4.21. The molecule has 0 aliphatic rings. The molecule has 1 N–H and O–H groups in total. The molecule has 0 aliphatic heterocycles. The molecule has 1 rings (SSSR count). The van der Waals surface area contributed by atoms with Crippen LogP contribution in [0.1, 0.15) is 25.8 Å². The second-order valence-corrected chi connectivity index (χ2v) is 5.39. The number of benzene rings is 1. The molecule has 1 aromatic carbocycles. The molecule has 0 heterocycles. The van der Waals surface area contributed by atoms with Crippen molar-refractivity contribution < 1.29 is 0 Å². The van der Waals surface area contributed by atoms with Gasteiger partial charge in [-0.25, -0.2) is 0 Å². The molecule has 0 fully saturated rings. The minimum atomic E-state index is 0.327. The van der Waals surface area contributed by atoms with Crippen molar-refractivity contribution in [1.29, 1.82) is 0 Å². The van der Waals surface area contributed by atoms with Crippen molar-refractivity contribution in [2.75, 3.05) is 32.1 Å². The van der Waals surface area contributed by atoms with E-state index in [1.54, 1.807) is 0 Å². The van der Waals surface area contributed by atoms with Gasteiger partial charge in [-0.3, -0.25) is 0 Å². The number of nitrogens with one attached hydrogen (secondary N) is 1. The average molecular weight is 234 g/mol. The Morgan fingerprint density at radius 3 is 2.59 bits per heavy atom. The first-order valence-corrected chi connectivity index (χ1v) is 6.43. The summed E-state index contributed by atoms with van der Waals surface area (Å²) < 4.78 is 0. The minimum Gasteiger partial charge on any atom is -0.374 e. The second-order valence-electron chi connectivity index (χ2n) is 5.39. The number of rotatable bonds is 6. The van der Waals surface area contributed by atoms with Gasteiger partial charge in [0.15, 0.2) is 0 Å². The molecule has 0 bridgehead atoms. The smallest absolute Gasteiger partial charge is 0.0366 e. The molecule has 0 radical (unpaired) electrons. The fraction of sp³-hybridized carbons (Fsp3) is 0.600. The van der Waals surface area contributed by atoms with Crippen LogP contribution in [0.3, 0.4) is 0 Å². The largest absolute Gasteiger partial charge is 0.374 e. The highest BCUT2D eigenvalue weighted by Crippen LogP contribution is 2.24. The van der Waals surface area contributed by atoms with Crippen LogP contribution in [0, 0.1) is 12.3 Å². The van der Waals surface area contributed by atoms with E-state index in [1.165, 1.54) is 17.7 Å². The summed E-state index contributed by atoms with van der Waals surface area (Å²) in [4.78, 5) is 2.36. The number of hydrogen-bond donors (Lipinski definition) is 1. The van der Waals surface area contributed by atoms with Crippen molar-refractivity contribution in [1.82, 2.24) is 5.32 Å². The lowest BCUT2D eigenvalue weighted by Crippen LogP contribution is -2.39. The third-order valence-corrected chi connectivity index (χ3v) is 3.52. The maximum atomic E-state index is 3.30. The van der Waals surface area contributed by atoms with Gasteiger partial charge in [-0.05, 0) is 43.5 Å². The summed E-state index contributed by atoms with van der Waals surface area (Å²) in [5.74, 6) is 0. The highest BCUT2D eigenvalue weighted by atomic mass is 15.1. The van der Waals surface area contributed by atoms with Gasteiger partial charge in [0, 0.05) is 25.8 Å². The lowest BCUT2D eigenvalue weighted by Gasteiger charge is -2.34. The fourth-order valence-electron chi connectivity index (χ4n) is 2.25. The molecular formula is C15H26N2. The molecule has 1 atom stereocenters. The summed E-state index contributed by atoms with van der Waals surface area (Å²) in [5, 5.41) is 3.30. The maximum Gasteiger partial charge on any atom is 0.0366 e. The zero-order valence-corrected chi connectivity index (χ0v) is 11.9. The first kappa shape index (κ1) is 14.0. The normalized spacial score (nSPS) is 14.4. The van der Waals surface area contributed by atoms with E-state index in [9.17, 15) is 0 Å². The van der Waals surface area contributed by atoms with Crippen molar-refractivity contribution in [2.24, 2.45) is 5.41 Å². The zero-order valence-electron chi connectivity index (χ0n) is 11.9. The Hall–Kier alpha value is -1.02.